The average molecular weight is 851 g/mol. The van der Waals surface area contributed by atoms with Gasteiger partial charge in [-0.25, -0.2) is 4.98 Å². The number of nitrogens with zero attached hydrogens (tertiary/aromatic N) is 4. The molecule has 3 aromatic heterocycles. The molecule has 11 aromatic rings. The van der Waals surface area contributed by atoms with E-state index >= 15 is 0 Å². The van der Waals surface area contributed by atoms with Gasteiger partial charge in [0.2, 0.25) is 0 Å². The second-order valence-electron chi connectivity index (χ2n) is 19.4. The predicted molar refractivity (Wildman–Crippen MR) is 268 cm³/mol. The summed E-state index contributed by atoms with van der Waals surface area (Å²) in [5, 5.41) is 2.33. The maximum atomic E-state index is 6.80. The molecule has 0 atom stereocenters. The molecule has 13 rings (SSSR count). The zero-order valence-electron chi connectivity index (χ0n) is 37.6. The molecule has 0 fully saturated rings. The third kappa shape index (κ3) is 5.59. The molecule has 0 spiro atoms. The lowest BCUT2D eigenvalue weighted by molar-refractivity contribution is -0.571. The smallest absolute Gasteiger partial charge is 0.269 e. The highest BCUT2D eigenvalue weighted by Gasteiger charge is 2.39. The molecule has 0 unspecified atom stereocenters. The second-order valence-corrected chi connectivity index (χ2v) is 19.4. The lowest BCUT2D eigenvalue weighted by Gasteiger charge is -2.27. The highest BCUT2D eigenvalue weighted by molar-refractivity contribution is 6.09. The number of rotatable bonds is 4. The van der Waals surface area contributed by atoms with Crippen molar-refractivity contribution in [3.63, 3.8) is 0 Å². The fourth-order valence-corrected chi connectivity index (χ4v) is 11.0. The molecule has 5 heteroatoms. The molecule has 0 saturated heterocycles. The molecule has 4 heterocycles. The first-order valence-electron chi connectivity index (χ1n) is 22.9. The Kier molecular flexibility index (Phi) is 8.15. The summed E-state index contributed by atoms with van der Waals surface area (Å²) in [6.45, 7) is 11.5. The van der Waals surface area contributed by atoms with Gasteiger partial charge in [-0.15, -0.1) is 0 Å². The van der Waals surface area contributed by atoms with Crippen LogP contribution in [0, 0.1) is 6.33 Å². The minimum Gasteiger partial charge on any atom is -0.458 e. The molecule has 0 saturated carbocycles. The molecular formula is C61H46N4O. The molecule has 0 amide bonds. The van der Waals surface area contributed by atoms with Gasteiger partial charge in [0, 0.05) is 28.5 Å². The van der Waals surface area contributed by atoms with Crippen molar-refractivity contribution in [3.8, 4) is 73.2 Å². The Morgan fingerprint density at radius 3 is 2.09 bits per heavy atom. The van der Waals surface area contributed by atoms with E-state index in [1.165, 1.54) is 61.0 Å². The van der Waals surface area contributed by atoms with Gasteiger partial charge in [-0.3, -0.25) is 13.7 Å². The van der Waals surface area contributed by atoms with Gasteiger partial charge in [0.25, 0.3) is 6.33 Å². The van der Waals surface area contributed by atoms with Crippen LogP contribution in [0.3, 0.4) is 0 Å². The third-order valence-corrected chi connectivity index (χ3v) is 14.1. The number of benzene rings is 8. The average Bonchev–Trinajstić information content (AvgIpc) is 3.97. The van der Waals surface area contributed by atoms with Gasteiger partial charge in [0.1, 0.15) is 17.3 Å². The van der Waals surface area contributed by atoms with Crippen LogP contribution in [0.4, 0.5) is 0 Å². The Hall–Kier alpha value is -8.02. The van der Waals surface area contributed by atoms with Crippen LogP contribution < -0.4 is 9.30 Å². The molecule has 66 heavy (non-hydrogen) atoms. The summed E-state index contributed by atoms with van der Waals surface area (Å²) in [5.41, 5.74) is 20.0. The Morgan fingerprint density at radius 2 is 1.23 bits per heavy atom. The van der Waals surface area contributed by atoms with Crippen molar-refractivity contribution in [2.75, 3.05) is 0 Å². The van der Waals surface area contributed by atoms with Gasteiger partial charge in [-0.1, -0.05) is 156 Å². The number of ether oxygens (including phenoxy) is 1. The molecule has 1 aliphatic carbocycles. The maximum Gasteiger partial charge on any atom is 0.269 e. The minimum absolute atomic E-state index is 0.0148. The van der Waals surface area contributed by atoms with E-state index in [0.29, 0.717) is 0 Å². The molecular weight excluding hydrogens is 805 g/mol. The van der Waals surface area contributed by atoms with Crippen LogP contribution >= 0.6 is 0 Å². The SMILES string of the molecule is CC(C)(C)c1ccnc(-n2c3ccccc3c3ccc(Oc4cccc(-n5[c-][n+]6c7c(cccc75)-c5ccccc5-c5c(ccc7c5C(C)(C)c5ccccc5-7)-c5ccccc5-6)c4)cc32)c1. The predicted octanol–water partition coefficient (Wildman–Crippen LogP) is 14.9. The normalized spacial score (nSPS) is 13.3. The van der Waals surface area contributed by atoms with E-state index in [2.05, 4.69) is 231 Å². The van der Waals surface area contributed by atoms with Crippen LogP contribution in [-0.4, -0.2) is 14.1 Å². The summed E-state index contributed by atoms with van der Waals surface area (Å²) >= 11 is 0. The van der Waals surface area contributed by atoms with Crippen molar-refractivity contribution >= 4 is 32.8 Å². The van der Waals surface area contributed by atoms with Crippen LogP contribution in [0.2, 0.25) is 0 Å². The van der Waals surface area contributed by atoms with Crippen molar-refractivity contribution < 1.29 is 9.30 Å². The molecule has 8 aromatic carbocycles. The summed E-state index contributed by atoms with van der Waals surface area (Å²) in [5.74, 6) is 2.37. The van der Waals surface area contributed by atoms with Crippen molar-refractivity contribution in [1.29, 1.82) is 0 Å². The third-order valence-electron chi connectivity index (χ3n) is 14.1. The lowest BCUT2D eigenvalue weighted by atomic mass is 9.75. The zero-order chi connectivity index (χ0) is 44.5. The van der Waals surface area contributed by atoms with Gasteiger partial charge < -0.3 is 4.74 Å². The Balaban J connectivity index is 0.964. The van der Waals surface area contributed by atoms with Crippen LogP contribution in [-0.2, 0) is 10.8 Å². The van der Waals surface area contributed by atoms with Gasteiger partial charge in [-0.2, -0.15) is 0 Å². The van der Waals surface area contributed by atoms with Gasteiger partial charge in [0.15, 0.2) is 0 Å². The van der Waals surface area contributed by atoms with Crippen LogP contribution in [0.25, 0.3) is 94.5 Å². The highest BCUT2D eigenvalue weighted by Crippen LogP contribution is 2.56. The van der Waals surface area contributed by atoms with Crippen molar-refractivity contribution in [3.05, 3.63) is 211 Å². The van der Waals surface area contributed by atoms with Crippen molar-refractivity contribution in [2.24, 2.45) is 0 Å². The van der Waals surface area contributed by atoms with E-state index in [1.54, 1.807) is 0 Å². The molecule has 2 aliphatic rings. The first-order chi connectivity index (χ1) is 32.1. The van der Waals surface area contributed by atoms with E-state index in [4.69, 9.17) is 9.72 Å². The number of para-hydroxylation sites is 3. The number of imidazole rings is 1. The molecule has 316 valence electrons. The number of pyridine rings is 1. The van der Waals surface area contributed by atoms with E-state index in [1.807, 2.05) is 12.3 Å². The topological polar surface area (TPSA) is 35.9 Å². The van der Waals surface area contributed by atoms with Crippen LogP contribution in [0.1, 0.15) is 51.3 Å². The van der Waals surface area contributed by atoms with E-state index in [-0.39, 0.29) is 10.8 Å². The van der Waals surface area contributed by atoms with Crippen LogP contribution in [0.5, 0.6) is 11.5 Å². The van der Waals surface area contributed by atoms with E-state index in [0.717, 1.165) is 61.7 Å². The number of fused-ring (bicyclic) bond motifs is 14. The minimum atomic E-state index is -0.198. The van der Waals surface area contributed by atoms with Crippen molar-refractivity contribution in [1.82, 2.24) is 14.1 Å². The first kappa shape index (κ1) is 38.4. The fraction of sp³-hybridized carbons (Fsp3) is 0.115. The summed E-state index contributed by atoms with van der Waals surface area (Å²) in [7, 11) is 0. The summed E-state index contributed by atoms with van der Waals surface area (Å²) in [6, 6.07) is 65.7. The van der Waals surface area contributed by atoms with E-state index < -0.39 is 0 Å². The van der Waals surface area contributed by atoms with Gasteiger partial charge >= 0.3 is 0 Å². The summed E-state index contributed by atoms with van der Waals surface area (Å²) in [4.78, 5) is 4.89. The molecule has 1 aliphatic heterocycles. The standard InChI is InChI=1S/C61H46N4O/c1-60(2,3)38-32-33-62-56(34-38)65-53-26-13-10-20-44(53)46-29-28-41(36-55(46)65)66-40-17-14-16-39(35-40)63-37-64-52-25-12-9-21-45(52)48-30-31-49-43-19-8-11-24-51(43)61(4,5)58(49)57(48)47-22-7-6-18-42(47)50-23-15-27-54(63)59(50)64/h6-36H,1-5H3. The number of hydrogen-bond acceptors (Lipinski definition) is 2. The maximum absolute atomic E-state index is 6.80. The highest BCUT2D eigenvalue weighted by atomic mass is 16.5. The summed E-state index contributed by atoms with van der Waals surface area (Å²) < 4.78 is 13.5. The molecule has 0 radical (unpaired) electrons. The largest absolute Gasteiger partial charge is 0.458 e. The zero-order valence-corrected chi connectivity index (χ0v) is 37.6. The van der Waals surface area contributed by atoms with Gasteiger partial charge in [0.05, 0.1) is 33.4 Å². The number of aromatic nitrogens is 4. The van der Waals surface area contributed by atoms with Crippen LogP contribution in [0.15, 0.2) is 188 Å². The lowest BCUT2D eigenvalue weighted by Crippen LogP contribution is -2.30. The molecule has 5 nitrogen and oxygen atoms in total. The quantitative estimate of drug-likeness (QED) is 0.131. The Labute approximate surface area is 384 Å². The Morgan fingerprint density at radius 1 is 0.545 bits per heavy atom. The van der Waals surface area contributed by atoms with Crippen molar-refractivity contribution in [2.45, 2.75) is 45.4 Å². The molecule has 0 N–H and O–H groups in total. The van der Waals surface area contributed by atoms with Gasteiger partial charge in [-0.05, 0) is 121 Å². The fourth-order valence-electron chi connectivity index (χ4n) is 11.0. The monoisotopic (exact) mass is 850 g/mol. The first-order valence-corrected chi connectivity index (χ1v) is 22.9. The Bertz CT molecular complexity index is 3820. The summed E-state index contributed by atoms with van der Waals surface area (Å²) in [6.07, 6.45) is 5.80. The second kappa shape index (κ2) is 14.0. The number of hydrogen-bond donors (Lipinski definition) is 0. The molecule has 0 bridgehead atoms. The van der Waals surface area contributed by atoms with E-state index in [9.17, 15) is 0 Å².